The van der Waals surface area contributed by atoms with Gasteiger partial charge >= 0.3 is 5.97 Å². The number of nitrogens with one attached hydrogen (secondary N) is 1. The van der Waals surface area contributed by atoms with Crippen LogP contribution < -0.4 is 10.1 Å². The van der Waals surface area contributed by atoms with Crippen molar-refractivity contribution < 1.29 is 9.53 Å². The number of nitriles is 1. The van der Waals surface area contributed by atoms with Crippen LogP contribution in [0.25, 0.3) is 10.9 Å². The molecule has 0 spiro atoms. The second kappa shape index (κ2) is 9.41. The van der Waals surface area contributed by atoms with Crippen molar-refractivity contribution >= 4 is 34.3 Å². The van der Waals surface area contributed by atoms with Crippen LogP contribution in [0.5, 0.6) is 5.75 Å². The quantitative estimate of drug-likeness (QED) is 0.328. The average Bonchev–Trinajstić information content (AvgIpc) is 2.84. The molecule has 0 bridgehead atoms. The first kappa shape index (κ1) is 21.2. The van der Waals surface area contributed by atoms with Crippen molar-refractivity contribution in [3.63, 3.8) is 0 Å². The highest BCUT2D eigenvalue weighted by Gasteiger charge is 2.25. The van der Waals surface area contributed by atoms with E-state index in [1.165, 1.54) is 0 Å². The minimum atomic E-state index is -0.599. The van der Waals surface area contributed by atoms with Crippen LogP contribution in [0.15, 0.2) is 67.3 Å². The van der Waals surface area contributed by atoms with Gasteiger partial charge < -0.3 is 10.1 Å². The summed E-state index contributed by atoms with van der Waals surface area (Å²) in [6.07, 6.45) is 6.55. The highest BCUT2D eigenvalue weighted by atomic mass is 35.5. The predicted molar refractivity (Wildman–Crippen MR) is 121 cm³/mol. The molecule has 0 aliphatic carbocycles. The molecule has 4 rings (SSSR count). The number of hydrogen-bond donors (Lipinski definition) is 1. The van der Waals surface area contributed by atoms with E-state index in [4.69, 9.17) is 16.3 Å². The van der Waals surface area contributed by atoms with Gasteiger partial charge in [-0.25, -0.2) is 4.98 Å². The molecule has 32 heavy (non-hydrogen) atoms. The molecule has 0 fully saturated rings. The number of benzene rings is 2. The van der Waals surface area contributed by atoms with Crippen LogP contribution in [-0.2, 0) is 4.79 Å². The standard InChI is InChI=1S/C24H18ClN5O2/c1-2-20(31)32-24-18(9-8-15-6-4-10-29-22(15)24)23(30-19-14-27-11-12-28-19)17-7-3-5-16(13-26)21(17)25/h3-12,14,23H,2H2,1H3,(H,28,30). The molecule has 0 amide bonds. The Hall–Kier alpha value is -4.02. The lowest BCUT2D eigenvalue weighted by molar-refractivity contribution is -0.133. The molecule has 7 nitrogen and oxygen atoms in total. The Morgan fingerprint density at radius 1 is 1.12 bits per heavy atom. The first-order valence-corrected chi connectivity index (χ1v) is 10.3. The van der Waals surface area contributed by atoms with Gasteiger partial charge in [0.2, 0.25) is 0 Å². The van der Waals surface area contributed by atoms with Crippen LogP contribution in [0.1, 0.15) is 36.1 Å². The van der Waals surface area contributed by atoms with Gasteiger partial charge in [-0.1, -0.05) is 48.9 Å². The van der Waals surface area contributed by atoms with E-state index in [0.29, 0.717) is 38.8 Å². The number of aromatic nitrogens is 3. The number of carbonyl (C=O) groups excluding carboxylic acids is 1. The molecule has 0 aliphatic rings. The average molecular weight is 444 g/mol. The van der Waals surface area contributed by atoms with Gasteiger partial charge in [0, 0.05) is 36.0 Å². The number of anilines is 1. The monoisotopic (exact) mass is 443 g/mol. The van der Waals surface area contributed by atoms with Gasteiger partial charge in [-0.05, 0) is 17.7 Å². The Balaban J connectivity index is 1.96. The highest BCUT2D eigenvalue weighted by Crippen LogP contribution is 2.40. The molecule has 1 atom stereocenters. The number of ether oxygens (including phenoxy) is 1. The fourth-order valence-electron chi connectivity index (χ4n) is 3.36. The van der Waals surface area contributed by atoms with E-state index in [0.717, 1.165) is 5.39 Å². The molecular weight excluding hydrogens is 426 g/mol. The van der Waals surface area contributed by atoms with Crippen LogP contribution >= 0.6 is 11.6 Å². The molecule has 1 unspecified atom stereocenters. The maximum absolute atomic E-state index is 12.3. The smallest absolute Gasteiger partial charge is 0.310 e. The highest BCUT2D eigenvalue weighted by molar-refractivity contribution is 6.32. The molecule has 2 heterocycles. The van der Waals surface area contributed by atoms with Crippen molar-refractivity contribution in [2.24, 2.45) is 0 Å². The van der Waals surface area contributed by atoms with Crippen LogP contribution in [0.2, 0.25) is 5.02 Å². The maximum atomic E-state index is 12.3. The Morgan fingerprint density at radius 2 is 2.00 bits per heavy atom. The van der Waals surface area contributed by atoms with E-state index < -0.39 is 6.04 Å². The fourth-order valence-corrected chi connectivity index (χ4v) is 3.64. The summed E-state index contributed by atoms with van der Waals surface area (Å²) in [5.41, 5.74) is 2.13. The first-order chi connectivity index (χ1) is 15.6. The molecule has 0 saturated carbocycles. The maximum Gasteiger partial charge on any atom is 0.310 e. The third-order valence-electron chi connectivity index (χ3n) is 4.89. The Kier molecular flexibility index (Phi) is 6.24. The lowest BCUT2D eigenvalue weighted by Gasteiger charge is -2.24. The van der Waals surface area contributed by atoms with Crippen molar-refractivity contribution in [1.29, 1.82) is 5.26 Å². The number of halogens is 1. The SMILES string of the molecule is CCC(=O)Oc1c(C(Nc2cnccn2)c2cccc(C#N)c2Cl)ccc2cccnc12. The lowest BCUT2D eigenvalue weighted by atomic mass is 9.95. The Morgan fingerprint density at radius 3 is 2.75 bits per heavy atom. The summed E-state index contributed by atoms with van der Waals surface area (Å²) in [7, 11) is 0. The van der Waals surface area contributed by atoms with E-state index in [2.05, 4.69) is 26.3 Å². The summed E-state index contributed by atoms with van der Waals surface area (Å²) >= 11 is 6.60. The molecule has 158 valence electrons. The van der Waals surface area contributed by atoms with Crippen molar-refractivity contribution in [1.82, 2.24) is 15.0 Å². The van der Waals surface area contributed by atoms with Crippen molar-refractivity contribution in [2.45, 2.75) is 19.4 Å². The molecule has 0 radical (unpaired) electrons. The number of fused-ring (bicyclic) bond motifs is 1. The number of carbonyl (C=O) groups is 1. The van der Waals surface area contributed by atoms with E-state index in [1.807, 2.05) is 30.3 Å². The van der Waals surface area contributed by atoms with Gasteiger partial charge in [0.25, 0.3) is 0 Å². The van der Waals surface area contributed by atoms with Gasteiger partial charge in [-0.15, -0.1) is 0 Å². The molecule has 0 aliphatic heterocycles. The zero-order valence-electron chi connectivity index (χ0n) is 17.1. The molecule has 2 aromatic heterocycles. The summed E-state index contributed by atoms with van der Waals surface area (Å²) in [5, 5.41) is 13.9. The minimum Gasteiger partial charge on any atom is -0.424 e. The molecule has 2 aromatic carbocycles. The van der Waals surface area contributed by atoms with E-state index in [1.54, 1.807) is 43.8 Å². The summed E-state index contributed by atoms with van der Waals surface area (Å²) in [6.45, 7) is 1.73. The topological polar surface area (TPSA) is 101 Å². The second-order valence-corrected chi connectivity index (χ2v) is 7.25. The predicted octanol–water partition coefficient (Wildman–Crippen LogP) is 5.07. The number of hydrogen-bond acceptors (Lipinski definition) is 7. The lowest BCUT2D eigenvalue weighted by Crippen LogP contribution is -2.17. The first-order valence-electron chi connectivity index (χ1n) is 9.91. The van der Waals surface area contributed by atoms with Crippen LogP contribution in [0.3, 0.4) is 0 Å². The molecule has 0 saturated heterocycles. The number of esters is 1. The number of pyridine rings is 1. The Bertz CT molecular complexity index is 1320. The van der Waals surface area contributed by atoms with E-state index in [-0.39, 0.29) is 12.4 Å². The van der Waals surface area contributed by atoms with E-state index in [9.17, 15) is 10.1 Å². The zero-order valence-corrected chi connectivity index (χ0v) is 17.9. The molecule has 8 heteroatoms. The zero-order chi connectivity index (χ0) is 22.5. The van der Waals surface area contributed by atoms with Crippen molar-refractivity contribution in [3.05, 3.63) is 89.0 Å². The van der Waals surface area contributed by atoms with Gasteiger partial charge in [-0.3, -0.25) is 14.8 Å². The molecular formula is C24H18ClN5O2. The minimum absolute atomic E-state index is 0.204. The van der Waals surface area contributed by atoms with Crippen molar-refractivity contribution in [2.75, 3.05) is 5.32 Å². The second-order valence-electron chi connectivity index (χ2n) is 6.88. The third-order valence-corrected chi connectivity index (χ3v) is 5.31. The van der Waals surface area contributed by atoms with E-state index >= 15 is 0 Å². The van der Waals surface area contributed by atoms with Crippen LogP contribution in [0.4, 0.5) is 5.82 Å². The summed E-state index contributed by atoms with van der Waals surface area (Å²) in [5.74, 6) is 0.430. The number of rotatable bonds is 6. The van der Waals surface area contributed by atoms with Gasteiger partial charge in [0.1, 0.15) is 17.4 Å². The van der Waals surface area contributed by atoms with Gasteiger partial charge in [-0.2, -0.15) is 5.26 Å². The summed E-state index contributed by atoms with van der Waals surface area (Å²) in [4.78, 5) is 25.2. The van der Waals surface area contributed by atoms with Crippen molar-refractivity contribution in [3.8, 4) is 11.8 Å². The summed E-state index contributed by atoms with van der Waals surface area (Å²) < 4.78 is 5.76. The van der Waals surface area contributed by atoms with Crippen LogP contribution in [0, 0.1) is 11.3 Å². The van der Waals surface area contributed by atoms with Crippen LogP contribution in [-0.4, -0.2) is 20.9 Å². The third kappa shape index (κ3) is 4.22. The molecule has 4 aromatic rings. The van der Waals surface area contributed by atoms with Gasteiger partial charge in [0.05, 0.1) is 22.8 Å². The summed E-state index contributed by atoms with van der Waals surface area (Å²) in [6, 6.07) is 14.2. The normalized spacial score (nSPS) is 11.5. The fraction of sp³-hybridized carbons (Fsp3) is 0.125. The largest absolute Gasteiger partial charge is 0.424 e. The van der Waals surface area contributed by atoms with Gasteiger partial charge in [0.15, 0.2) is 5.75 Å². The molecule has 1 N–H and O–H groups in total. The Labute approximate surface area is 189 Å². The number of nitrogens with zero attached hydrogens (tertiary/aromatic N) is 4.